The molecule has 1 heterocycles. The van der Waals surface area contributed by atoms with Gasteiger partial charge in [-0.15, -0.1) is 0 Å². The largest absolute Gasteiger partial charge is 0.497 e. The number of hydrogen-bond acceptors (Lipinski definition) is 6. The topological polar surface area (TPSA) is 90.1 Å². The lowest BCUT2D eigenvalue weighted by Crippen LogP contribution is -2.18. The molecule has 0 radical (unpaired) electrons. The van der Waals surface area contributed by atoms with Gasteiger partial charge in [0.05, 0.1) is 19.0 Å². The second-order valence-corrected chi connectivity index (χ2v) is 5.42. The number of anilines is 1. The van der Waals surface area contributed by atoms with Gasteiger partial charge in [0.2, 0.25) is 5.78 Å². The van der Waals surface area contributed by atoms with Crippen LogP contribution in [0.3, 0.4) is 0 Å². The smallest absolute Gasteiger partial charge is 0.206 e. The minimum Gasteiger partial charge on any atom is -0.497 e. The van der Waals surface area contributed by atoms with E-state index in [-0.39, 0.29) is 11.5 Å². The molecule has 0 fully saturated rings. The lowest BCUT2D eigenvalue weighted by atomic mass is 10.1. The Balaban J connectivity index is 3.07. The van der Waals surface area contributed by atoms with E-state index in [4.69, 9.17) is 10.5 Å². The number of nitrogens with two attached hydrogens (primary N) is 1. The average molecular weight is 328 g/mol. The predicted octanol–water partition coefficient (Wildman–Crippen LogP) is 3.01. The van der Waals surface area contributed by atoms with Crippen molar-refractivity contribution in [1.82, 2.24) is 9.97 Å². The van der Waals surface area contributed by atoms with Crippen molar-refractivity contribution in [1.29, 1.82) is 0 Å². The first-order valence-corrected chi connectivity index (χ1v) is 7.41. The Kier molecular flexibility index (Phi) is 6.92. The molecule has 0 saturated heterocycles. The Hall–Kier alpha value is -2.89. The SMILES string of the molecule is C=C(C)/C(=C\C=C(/C)C(=O)/C(Nc1cncc(C)n1)=C(/C)N)OC. The fraction of sp³-hybridized carbons (Fsp3) is 0.278. The Bertz CT molecular complexity index is 726. The lowest BCUT2D eigenvalue weighted by molar-refractivity contribution is -0.112. The number of aryl methyl sites for hydroxylation is 1. The highest BCUT2D eigenvalue weighted by atomic mass is 16.5. The summed E-state index contributed by atoms with van der Waals surface area (Å²) in [5, 5.41) is 2.95. The van der Waals surface area contributed by atoms with E-state index in [1.54, 1.807) is 39.3 Å². The van der Waals surface area contributed by atoms with E-state index in [0.717, 1.165) is 11.3 Å². The standard InChI is InChI=1S/C18H24N4O2/c1-11(2)15(24-6)8-7-12(3)18(23)17(14(5)19)22-16-10-20-9-13(4)21-16/h7-10H,1,19H2,2-6H3,(H,21,22)/b12-7+,15-8+,17-14+. The highest BCUT2D eigenvalue weighted by Gasteiger charge is 2.15. The Morgan fingerprint density at radius 1 is 1.29 bits per heavy atom. The molecule has 0 unspecified atom stereocenters. The minimum atomic E-state index is -0.230. The van der Waals surface area contributed by atoms with E-state index in [1.165, 1.54) is 6.20 Å². The number of methoxy groups -OCH3 is 1. The lowest BCUT2D eigenvalue weighted by Gasteiger charge is -2.12. The van der Waals surface area contributed by atoms with Gasteiger partial charge in [-0.2, -0.15) is 0 Å². The van der Waals surface area contributed by atoms with Crippen LogP contribution in [0, 0.1) is 6.92 Å². The number of ketones is 1. The molecule has 0 spiro atoms. The molecule has 0 bridgehead atoms. The van der Waals surface area contributed by atoms with Gasteiger partial charge in [-0.05, 0) is 44.9 Å². The summed E-state index contributed by atoms with van der Waals surface area (Å²) in [5.74, 6) is 0.840. The molecule has 1 aromatic heterocycles. The molecule has 0 aliphatic heterocycles. The number of allylic oxidation sites excluding steroid dienone is 5. The Morgan fingerprint density at radius 3 is 2.46 bits per heavy atom. The monoisotopic (exact) mass is 328 g/mol. The normalized spacial score (nSPS) is 13.2. The third kappa shape index (κ3) is 5.39. The molecule has 128 valence electrons. The number of Topliss-reactive ketones (excluding diaryl/α,β-unsaturated/α-hetero) is 1. The molecule has 6 nitrogen and oxygen atoms in total. The van der Waals surface area contributed by atoms with Gasteiger partial charge < -0.3 is 15.8 Å². The minimum absolute atomic E-state index is 0.230. The molecule has 0 aliphatic carbocycles. The maximum atomic E-state index is 12.6. The molecule has 24 heavy (non-hydrogen) atoms. The number of rotatable bonds is 7. The van der Waals surface area contributed by atoms with Crippen molar-refractivity contribution < 1.29 is 9.53 Å². The quantitative estimate of drug-likeness (QED) is 0.454. The van der Waals surface area contributed by atoms with Crippen molar-refractivity contribution in [3.63, 3.8) is 0 Å². The second kappa shape index (κ2) is 8.67. The van der Waals surface area contributed by atoms with E-state index in [1.807, 2.05) is 13.8 Å². The summed E-state index contributed by atoms with van der Waals surface area (Å²) in [7, 11) is 1.55. The van der Waals surface area contributed by atoms with Gasteiger partial charge in [0, 0.05) is 11.9 Å². The van der Waals surface area contributed by atoms with Crippen LogP contribution in [0.15, 0.2) is 59.4 Å². The third-order valence-corrected chi connectivity index (χ3v) is 3.11. The first-order valence-electron chi connectivity index (χ1n) is 7.41. The number of carbonyl (C=O) groups excluding carboxylic acids is 1. The van der Waals surface area contributed by atoms with Crippen molar-refractivity contribution in [3.05, 3.63) is 65.1 Å². The molecule has 1 aromatic rings. The van der Waals surface area contributed by atoms with Crippen LogP contribution in [0.25, 0.3) is 0 Å². The number of nitrogens with one attached hydrogen (secondary N) is 1. The number of aromatic nitrogens is 2. The van der Waals surface area contributed by atoms with Crippen LogP contribution < -0.4 is 11.1 Å². The Morgan fingerprint density at radius 2 is 1.96 bits per heavy atom. The van der Waals surface area contributed by atoms with Gasteiger partial charge in [-0.25, -0.2) is 4.98 Å². The molecule has 3 N–H and O–H groups in total. The molecule has 0 atom stereocenters. The zero-order valence-electron chi connectivity index (χ0n) is 14.8. The van der Waals surface area contributed by atoms with Crippen molar-refractivity contribution in [3.8, 4) is 0 Å². The molecule has 0 saturated carbocycles. The molecule has 0 aliphatic rings. The highest BCUT2D eigenvalue weighted by molar-refractivity contribution is 6.10. The highest BCUT2D eigenvalue weighted by Crippen LogP contribution is 2.14. The van der Waals surface area contributed by atoms with Crippen molar-refractivity contribution in [2.45, 2.75) is 27.7 Å². The summed E-state index contributed by atoms with van der Waals surface area (Å²) in [6, 6.07) is 0. The maximum Gasteiger partial charge on any atom is 0.206 e. The van der Waals surface area contributed by atoms with Crippen LogP contribution in [0.5, 0.6) is 0 Å². The van der Waals surface area contributed by atoms with E-state index in [9.17, 15) is 4.79 Å². The number of nitrogens with zero attached hydrogens (tertiary/aromatic N) is 2. The summed E-state index contributed by atoms with van der Waals surface area (Å²) < 4.78 is 5.19. The maximum absolute atomic E-state index is 12.6. The molecule has 6 heteroatoms. The van der Waals surface area contributed by atoms with Crippen LogP contribution in [-0.4, -0.2) is 22.9 Å². The average Bonchev–Trinajstić information content (AvgIpc) is 2.51. The summed E-state index contributed by atoms with van der Waals surface area (Å²) in [6.07, 6.45) is 6.53. The van der Waals surface area contributed by atoms with Crippen molar-refractivity contribution >= 4 is 11.6 Å². The summed E-state index contributed by atoms with van der Waals surface area (Å²) in [5.41, 5.74) is 8.50. The van der Waals surface area contributed by atoms with E-state index < -0.39 is 0 Å². The van der Waals surface area contributed by atoms with E-state index in [2.05, 4.69) is 21.9 Å². The van der Waals surface area contributed by atoms with Gasteiger partial charge in [-0.3, -0.25) is 9.78 Å². The zero-order valence-corrected chi connectivity index (χ0v) is 14.8. The number of ether oxygens (including phenoxy) is 1. The van der Waals surface area contributed by atoms with Gasteiger partial charge >= 0.3 is 0 Å². The van der Waals surface area contributed by atoms with Crippen LogP contribution in [0.2, 0.25) is 0 Å². The molecular formula is C18H24N4O2. The van der Waals surface area contributed by atoms with Crippen LogP contribution >= 0.6 is 0 Å². The summed E-state index contributed by atoms with van der Waals surface area (Å²) in [4.78, 5) is 20.9. The van der Waals surface area contributed by atoms with Crippen molar-refractivity contribution in [2.75, 3.05) is 12.4 Å². The van der Waals surface area contributed by atoms with Crippen LogP contribution in [0.1, 0.15) is 26.5 Å². The van der Waals surface area contributed by atoms with Gasteiger partial charge in [0.1, 0.15) is 17.3 Å². The van der Waals surface area contributed by atoms with Crippen LogP contribution in [-0.2, 0) is 9.53 Å². The van der Waals surface area contributed by atoms with Crippen molar-refractivity contribution in [2.24, 2.45) is 5.73 Å². The number of hydrogen-bond donors (Lipinski definition) is 2. The second-order valence-electron chi connectivity index (χ2n) is 5.42. The fourth-order valence-corrected chi connectivity index (χ4v) is 1.84. The Labute approximate surface area is 142 Å². The fourth-order valence-electron chi connectivity index (χ4n) is 1.84. The summed E-state index contributed by atoms with van der Waals surface area (Å²) in [6.45, 7) is 10.8. The zero-order chi connectivity index (χ0) is 18.3. The molecule has 0 amide bonds. The molecular weight excluding hydrogens is 304 g/mol. The first kappa shape index (κ1) is 19.2. The summed E-state index contributed by atoms with van der Waals surface area (Å²) >= 11 is 0. The molecule has 1 rings (SSSR count). The first-order chi connectivity index (χ1) is 11.3. The van der Waals surface area contributed by atoms with Gasteiger partial charge in [0.25, 0.3) is 0 Å². The van der Waals surface area contributed by atoms with E-state index in [0.29, 0.717) is 22.8 Å². The number of carbonyl (C=O) groups is 1. The molecule has 0 aromatic carbocycles. The van der Waals surface area contributed by atoms with Gasteiger partial charge in [-0.1, -0.05) is 12.7 Å². The predicted molar refractivity (Wildman–Crippen MR) is 95.9 cm³/mol. The van der Waals surface area contributed by atoms with E-state index >= 15 is 0 Å². The van der Waals surface area contributed by atoms with Crippen LogP contribution in [0.4, 0.5) is 5.82 Å². The third-order valence-electron chi connectivity index (χ3n) is 3.11. The van der Waals surface area contributed by atoms with Gasteiger partial charge in [0.15, 0.2) is 0 Å².